The van der Waals surface area contributed by atoms with Crippen LogP contribution in [-0.2, 0) is 4.79 Å². The number of primary amides is 1. The van der Waals surface area contributed by atoms with Crippen molar-refractivity contribution in [1.29, 1.82) is 0 Å². The van der Waals surface area contributed by atoms with Gasteiger partial charge in [-0.1, -0.05) is 28.9 Å². The molecule has 2 amide bonds. The molecule has 24 heavy (non-hydrogen) atoms. The van der Waals surface area contributed by atoms with Crippen molar-refractivity contribution in [3.8, 4) is 5.69 Å². The first kappa shape index (κ1) is 16.4. The predicted octanol–water partition coefficient (Wildman–Crippen LogP) is 1.65. The number of carbonyl (C=O) groups is 2. The van der Waals surface area contributed by atoms with Gasteiger partial charge in [-0.25, -0.2) is 4.68 Å². The van der Waals surface area contributed by atoms with E-state index in [0.29, 0.717) is 23.7 Å². The Hall–Kier alpha value is -2.41. The first-order valence-corrected chi connectivity index (χ1v) is 8.12. The predicted molar refractivity (Wildman–Crippen MR) is 88.8 cm³/mol. The van der Waals surface area contributed by atoms with Crippen LogP contribution in [0.3, 0.4) is 0 Å². The maximum Gasteiger partial charge on any atom is 0.276 e. The quantitative estimate of drug-likeness (QED) is 0.913. The molecular formula is C16H18ClN5O2. The van der Waals surface area contributed by atoms with Crippen LogP contribution in [0.1, 0.15) is 30.3 Å². The Labute approximate surface area is 144 Å². The summed E-state index contributed by atoms with van der Waals surface area (Å²) in [6, 6.07) is 7.20. The van der Waals surface area contributed by atoms with Gasteiger partial charge in [0, 0.05) is 12.6 Å². The number of halogens is 1. The molecule has 0 unspecified atom stereocenters. The molecule has 1 fully saturated rings. The fourth-order valence-electron chi connectivity index (χ4n) is 2.89. The standard InChI is InChI=1S/C16H18ClN5O2/c1-10-6-7-11(15(18)23)8-21(10)16(24)13-9-22(20-19-13)14-5-3-2-4-12(14)17/h2-5,9-11H,6-8H2,1H3,(H2,18,23)/t10-,11+/m0/s1. The minimum absolute atomic E-state index is 0.0264. The number of carbonyl (C=O) groups excluding carboxylic acids is 2. The minimum Gasteiger partial charge on any atom is -0.369 e. The minimum atomic E-state index is -0.376. The number of aromatic nitrogens is 3. The molecule has 0 saturated carbocycles. The van der Waals surface area contributed by atoms with E-state index in [1.54, 1.807) is 23.2 Å². The van der Waals surface area contributed by atoms with Crippen molar-refractivity contribution in [2.75, 3.05) is 6.54 Å². The number of hydrogen-bond acceptors (Lipinski definition) is 4. The van der Waals surface area contributed by atoms with E-state index in [4.69, 9.17) is 17.3 Å². The first-order valence-electron chi connectivity index (χ1n) is 7.75. The van der Waals surface area contributed by atoms with Crippen LogP contribution >= 0.6 is 11.6 Å². The van der Waals surface area contributed by atoms with E-state index in [9.17, 15) is 9.59 Å². The van der Waals surface area contributed by atoms with Crippen LogP contribution in [0.4, 0.5) is 0 Å². The van der Waals surface area contributed by atoms with Gasteiger partial charge < -0.3 is 10.6 Å². The fourth-order valence-corrected chi connectivity index (χ4v) is 3.11. The molecule has 7 nitrogen and oxygen atoms in total. The van der Waals surface area contributed by atoms with Crippen LogP contribution in [0.25, 0.3) is 5.69 Å². The molecule has 2 aromatic rings. The number of rotatable bonds is 3. The molecule has 1 aliphatic rings. The molecule has 1 aliphatic heterocycles. The lowest BCUT2D eigenvalue weighted by atomic mass is 9.92. The van der Waals surface area contributed by atoms with Crippen LogP contribution in [0.2, 0.25) is 5.02 Å². The zero-order valence-corrected chi connectivity index (χ0v) is 14.0. The second-order valence-corrected chi connectivity index (χ2v) is 6.39. The molecule has 0 spiro atoms. The average Bonchev–Trinajstić information content (AvgIpc) is 3.04. The lowest BCUT2D eigenvalue weighted by Gasteiger charge is -2.36. The highest BCUT2D eigenvalue weighted by atomic mass is 35.5. The molecule has 126 valence electrons. The van der Waals surface area contributed by atoms with Gasteiger partial charge in [0.1, 0.15) is 0 Å². The third-order valence-corrected chi connectivity index (χ3v) is 4.68. The maximum absolute atomic E-state index is 12.7. The molecule has 2 heterocycles. The van der Waals surface area contributed by atoms with Gasteiger partial charge in [-0.05, 0) is 31.9 Å². The third-order valence-electron chi connectivity index (χ3n) is 4.36. The first-order chi connectivity index (χ1) is 11.5. The molecule has 8 heteroatoms. The van der Waals surface area contributed by atoms with Crippen molar-refractivity contribution in [3.63, 3.8) is 0 Å². The maximum atomic E-state index is 12.7. The molecule has 0 aliphatic carbocycles. The summed E-state index contributed by atoms with van der Waals surface area (Å²) in [6.07, 6.45) is 2.98. The summed E-state index contributed by atoms with van der Waals surface area (Å²) in [5.41, 5.74) is 6.25. The normalized spacial score (nSPS) is 20.8. The Bertz CT molecular complexity index is 775. The lowest BCUT2D eigenvalue weighted by molar-refractivity contribution is -0.123. The third kappa shape index (κ3) is 3.12. The molecule has 2 atom stereocenters. The number of piperidine rings is 1. The summed E-state index contributed by atoms with van der Waals surface area (Å²) in [7, 11) is 0. The van der Waals surface area contributed by atoms with E-state index in [1.807, 2.05) is 19.1 Å². The smallest absolute Gasteiger partial charge is 0.276 e. The highest BCUT2D eigenvalue weighted by Crippen LogP contribution is 2.24. The second kappa shape index (κ2) is 6.60. The molecule has 3 rings (SSSR count). The largest absolute Gasteiger partial charge is 0.369 e. The van der Waals surface area contributed by atoms with Gasteiger partial charge in [-0.15, -0.1) is 5.10 Å². The van der Waals surface area contributed by atoms with Gasteiger partial charge in [0.15, 0.2) is 5.69 Å². The average molecular weight is 348 g/mol. The molecule has 0 radical (unpaired) electrons. The monoisotopic (exact) mass is 347 g/mol. The molecule has 2 N–H and O–H groups in total. The van der Waals surface area contributed by atoms with E-state index in [0.717, 1.165) is 6.42 Å². The summed E-state index contributed by atoms with van der Waals surface area (Å²) in [4.78, 5) is 25.8. The van der Waals surface area contributed by atoms with E-state index >= 15 is 0 Å². The molecule has 0 bridgehead atoms. The van der Waals surface area contributed by atoms with Crippen molar-refractivity contribution in [1.82, 2.24) is 19.9 Å². The Morgan fingerprint density at radius 3 is 2.75 bits per heavy atom. The van der Waals surface area contributed by atoms with Gasteiger partial charge in [-0.2, -0.15) is 0 Å². The summed E-state index contributed by atoms with van der Waals surface area (Å²) >= 11 is 6.14. The van der Waals surface area contributed by atoms with Crippen LogP contribution < -0.4 is 5.73 Å². The van der Waals surface area contributed by atoms with E-state index in [-0.39, 0.29) is 29.5 Å². The highest BCUT2D eigenvalue weighted by Gasteiger charge is 2.33. The van der Waals surface area contributed by atoms with E-state index in [1.165, 1.54) is 4.68 Å². The number of benzene rings is 1. The number of para-hydroxylation sites is 1. The lowest BCUT2D eigenvalue weighted by Crippen LogP contribution is -2.48. The molecular weight excluding hydrogens is 330 g/mol. The van der Waals surface area contributed by atoms with Gasteiger partial charge in [0.25, 0.3) is 5.91 Å². The van der Waals surface area contributed by atoms with Gasteiger partial charge >= 0.3 is 0 Å². The van der Waals surface area contributed by atoms with Crippen LogP contribution in [0.15, 0.2) is 30.5 Å². The fraction of sp³-hybridized carbons (Fsp3) is 0.375. The molecule has 1 aromatic heterocycles. The van der Waals surface area contributed by atoms with Crippen LogP contribution in [0, 0.1) is 5.92 Å². The number of likely N-dealkylation sites (tertiary alicyclic amines) is 1. The van der Waals surface area contributed by atoms with Crippen molar-refractivity contribution >= 4 is 23.4 Å². The van der Waals surface area contributed by atoms with E-state index in [2.05, 4.69) is 10.3 Å². The summed E-state index contributed by atoms with van der Waals surface area (Å²) in [5.74, 6) is -0.949. The van der Waals surface area contributed by atoms with Gasteiger partial charge in [0.05, 0.1) is 22.8 Å². The number of nitrogens with zero attached hydrogens (tertiary/aromatic N) is 4. The Morgan fingerprint density at radius 1 is 1.29 bits per heavy atom. The van der Waals surface area contributed by atoms with Crippen LogP contribution in [-0.4, -0.2) is 44.3 Å². The Balaban J connectivity index is 1.83. The molecule has 1 aromatic carbocycles. The van der Waals surface area contributed by atoms with Crippen molar-refractivity contribution in [2.24, 2.45) is 11.7 Å². The summed E-state index contributed by atoms with van der Waals surface area (Å²) < 4.78 is 1.47. The van der Waals surface area contributed by atoms with E-state index < -0.39 is 0 Å². The Morgan fingerprint density at radius 2 is 2.04 bits per heavy atom. The van der Waals surface area contributed by atoms with Crippen LogP contribution in [0.5, 0.6) is 0 Å². The van der Waals surface area contributed by atoms with Crippen molar-refractivity contribution in [3.05, 3.63) is 41.2 Å². The molecule has 1 saturated heterocycles. The Kier molecular flexibility index (Phi) is 4.53. The summed E-state index contributed by atoms with van der Waals surface area (Å²) in [6.45, 7) is 2.27. The topological polar surface area (TPSA) is 94.1 Å². The highest BCUT2D eigenvalue weighted by molar-refractivity contribution is 6.32. The number of hydrogen-bond donors (Lipinski definition) is 1. The van der Waals surface area contributed by atoms with Crippen molar-refractivity contribution < 1.29 is 9.59 Å². The summed E-state index contributed by atoms with van der Waals surface area (Å²) in [5, 5.41) is 8.46. The van der Waals surface area contributed by atoms with Gasteiger partial charge in [-0.3, -0.25) is 9.59 Å². The number of nitrogens with two attached hydrogens (primary N) is 1. The van der Waals surface area contributed by atoms with Gasteiger partial charge in [0.2, 0.25) is 5.91 Å². The number of amides is 2. The zero-order chi connectivity index (χ0) is 17.3. The SMILES string of the molecule is C[C@H]1CC[C@@H](C(N)=O)CN1C(=O)c1cn(-c2ccccc2Cl)nn1. The van der Waals surface area contributed by atoms with Crippen molar-refractivity contribution in [2.45, 2.75) is 25.8 Å². The second-order valence-electron chi connectivity index (χ2n) is 5.98. The zero-order valence-electron chi connectivity index (χ0n) is 13.2.